The van der Waals surface area contributed by atoms with Gasteiger partial charge in [-0.2, -0.15) is 0 Å². The molecule has 1 aliphatic heterocycles. The molecule has 1 aromatic heterocycles. The van der Waals surface area contributed by atoms with Gasteiger partial charge in [0.15, 0.2) is 5.76 Å². The van der Waals surface area contributed by atoms with Crippen LogP contribution < -0.4 is 11.1 Å². The van der Waals surface area contributed by atoms with Gasteiger partial charge in [0.1, 0.15) is 5.56 Å². The second-order valence-electron chi connectivity index (χ2n) is 6.59. The number of hydrogen-bond donors (Lipinski definition) is 2. The van der Waals surface area contributed by atoms with Crippen LogP contribution in [0.1, 0.15) is 29.6 Å². The summed E-state index contributed by atoms with van der Waals surface area (Å²) in [4.78, 5) is 26.0. The van der Waals surface area contributed by atoms with Gasteiger partial charge in [0.05, 0.1) is 12.1 Å². The third-order valence-electron chi connectivity index (χ3n) is 4.70. The Kier molecular flexibility index (Phi) is 6.01. The molecule has 138 valence electrons. The van der Waals surface area contributed by atoms with E-state index in [-0.39, 0.29) is 17.7 Å². The van der Waals surface area contributed by atoms with Gasteiger partial charge in [0.2, 0.25) is 5.91 Å². The molecule has 1 atom stereocenters. The number of nitrogens with one attached hydrogen (secondary N) is 1. The van der Waals surface area contributed by atoms with Gasteiger partial charge in [-0.25, -0.2) is 0 Å². The molecule has 1 saturated heterocycles. The largest absolute Gasteiger partial charge is 0.369 e. The molecule has 2 heterocycles. The fourth-order valence-corrected chi connectivity index (χ4v) is 3.29. The monoisotopic (exact) mass is 356 g/mol. The van der Waals surface area contributed by atoms with Crippen molar-refractivity contribution in [1.82, 2.24) is 15.4 Å². The Bertz CT molecular complexity index is 744. The predicted molar refractivity (Wildman–Crippen MR) is 97.2 cm³/mol. The van der Waals surface area contributed by atoms with Gasteiger partial charge >= 0.3 is 0 Å². The molecule has 2 amide bonds. The lowest BCUT2D eigenvalue weighted by Gasteiger charge is -2.31. The van der Waals surface area contributed by atoms with Crippen LogP contribution in [-0.4, -0.2) is 48.0 Å². The molecule has 0 aliphatic carbocycles. The lowest BCUT2D eigenvalue weighted by atomic mass is 9.97. The minimum atomic E-state index is -0.219. The fraction of sp³-hybridized carbons (Fsp3) is 0.421. The molecule has 0 saturated carbocycles. The first-order valence-electron chi connectivity index (χ1n) is 8.95. The lowest BCUT2D eigenvalue weighted by Crippen LogP contribution is -2.42. The standard InChI is InChI=1S/C19H24N4O3/c20-18(24)15-8-4-10-23(13-15)11-5-9-21-19(25)16-12-22-26-17(16)14-6-2-1-3-7-14/h1-3,6-7,12,15H,4-5,8-11,13H2,(H2,20,24)(H,21,25)/t15-/m0/s1. The number of nitrogens with two attached hydrogens (primary N) is 1. The molecule has 7 nitrogen and oxygen atoms in total. The van der Waals surface area contributed by atoms with E-state index in [1.807, 2.05) is 30.3 Å². The average molecular weight is 356 g/mol. The molecule has 3 rings (SSSR count). The normalized spacial score (nSPS) is 17.8. The third kappa shape index (κ3) is 4.49. The highest BCUT2D eigenvalue weighted by atomic mass is 16.5. The molecule has 1 aromatic carbocycles. The van der Waals surface area contributed by atoms with E-state index in [2.05, 4.69) is 15.4 Å². The zero-order valence-electron chi connectivity index (χ0n) is 14.7. The first kappa shape index (κ1) is 18.1. The Labute approximate surface area is 152 Å². The highest BCUT2D eigenvalue weighted by Crippen LogP contribution is 2.23. The Morgan fingerprint density at radius 2 is 2.12 bits per heavy atom. The molecule has 7 heteroatoms. The molecular weight excluding hydrogens is 332 g/mol. The van der Waals surface area contributed by atoms with E-state index in [1.54, 1.807) is 0 Å². The third-order valence-corrected chi connectivity index (χ3v) is 4.70. The van der Waals surface area contributed by atoms with Gasteiger partial charge in [-0.3, -0.25) is 9.59 Å². The van der Waals surface area contributed by atoms with Crippen molar-refractivity contribution in [2.75, 3.05) is 26.2 Å². The number of rotatable bonds is 7. The summed E-state index contributed by atoms with van der Waals surface area (Å²) >= 11 is 0. The Morgan fingerprint density at radius 1 is 1.31 bits per heavy atom. The van der Waals surface area contributed by atoms with Gasteiger partial charge < -0.3 is 20.5 Å². The quantitative estimate of drug-likeness (QED) is 0.735. The van der Waals surface area contributed by atoms with Gasteiger partial charge in [-0.1, -0.05) is 35.5 Å². The Hall–Kier alpha value is -2.67. The highest BCUT2D eigenvalue weighted by Gasteiger charge is 2.23. The zero-order chi connectivity index (χ0) is 18.4. The molecular formula is C19H24N4O3. The number of amides is 2. The summed E-state index contributed by atoms with van der Waals surface area (Å²) in [6, 6.07) is 9.43. The van der Waals surface area contributed by atoms with Crippen molar-refractivity contribution < 1.29 is 14.1 Å². The second-order valence-corrected chi connectivity index (χ2v) is 6.59. The van der Waals surface area contributed by atoms with E-state index in [4.69, 9.17) is 10.3 Å². The minimum Gasteiger partial charge on any atom is -0.369 e. The van der Waals surface area contributed by atoms with Gasteiger partial charge in [-0.15, -0.1) is 0 Å². The number of benzene rings is 1. The summed E-state index contributed by atoms with van der Waals surface area (Å²) in [7, 11) is 0. The number of nitrogens with zero attached hydrogens (tertiary/aromatic N) is 2. The van der Waals surface area contributed by atoms with Gasteiger partial charge in [0.25, 0.3) is 5.91 Å². The first-order valence-corrected chi connectivity index (χ1v) is 8.95. The van der Waals surface area contributed by atoms with E-state index in [0.717, 1.165) is 37.9 Å². The molecule has 1 aliphatic rings. The number of carbonyl (C=O) groups is 2. The van der Waals surface area contributed by atoms with Crippen molar-refractivity contribution in [3.05, 3.63) is 42.1 Å². The molecule has 26 heavy (non-hydrogen) atoms. The number of carbonyl (C=O) groups excluding carboxylic acids is 2. The number of piperidine rings is 1. The minimum absolute atomic E-state index is 0.0521. The lowest BCUT2D eigenvalue weighted by molar-refractivity contribution is -0.123. The van der Waals surface area contributed by atoms with E-state index in [9.17, 15) is 9.59 Å². The maximum absolute atomic E-state index is 12.4. The van der Waals surface area contributed by atoms with Crippen molar-refractivity contribution in [3.8, 4) is 11.3 Å². The fourth-order valence-electron chi connectivity index (χ4n) is 3.29. The van der Waals surface area contributed by atoms with E-state index in [0.29, 0.717) is 24.4 Å². The number of primary amides is 1. The van der Waals surface area contributed by atoms with Crippen LogP contribution in [0.2, 0.25) is 0 Å². The Morgan fingerprint density at radius 3 is 2.88 bits per heavy atom. The SMILES string of the molecule is NC(=O)[C@H]1CCCN(CCCNC(=O)c2cnoc2-c2ccccc2)C1. The smallest absolute Gasteiger partial charge is 0.256 e. The van der Waals surface area contributed by atoms with Crippen LogP contribution in [0.25, 0.3) is 11.3 Å². The van der Waals surface area contributed by atoms with Crippen molar-refractivity contribution in [2.24, 2.45) is 11.7 Å². The number of aromatic nitrogens is 1. The van der Waals surface area contributed by atoms with Crippen molar-refractivity contribution in [3.63, 3.8) is 0 Å². The highest BCUT2D eigenvalue weighted by molar-refractivity contribution is 5.99. The van der Waals surface area contributed by atoms with E-state index in [1.165, 1.54) is 6.20 Å². The predicted octanol–water partition coefficient (Wildman–Crippen LogP) is 1.66. The second kappa shape index (κ2) is 8.62. The van der Waals surface area contributed by atoms with E-state index >= 15 is 0 Å². The maximum atomic E-state index is 12.4. The van der Waals surface area contributed by atoms with Crippen LogP contribution in [0, 0.1) is 5.92 Å². The van der Waals surface area contributed by atoms with Gasteiger partial charge in [0, 0.05) is 18.7 Å². The summed E-state index contributed by atoms with van der Waals surface area (Å²) in [5, 5.41) is 6.67. The van der Waals surface area contributed by atoms with Crippen molar-refractivity contribution in [2.45, 2.75) is 19.3 Å². The van der Waals surface area contributed by atoms with Crippen LogP contribution in [0.15, 0.2) is 41.1 Å². The maximum Gasteiger partial charge on any atom is 0.256 e. The molecule has 0 radical (unpaired) electrons. The molecule has 0 bridgehead atoms. The summed E-state index contributed by atoms with van der Waals surface area (Å²) < 4.78 is 5.24. The van der Waals surface area contributed by atoms with Crippen LogP contribution in [0.4, 0.5) is 0 Å². The topological polar surface area (TPSA) is 101 Å². The summed E-state index contributed by atoms with van der Waals surface area (Å²) in [5.74, 6) is 0.00914. The van der Waals surface area contributed by atoms with Crippen LogP contribution >= 0.6 is 0 Å². The summed E-state index contributed by atoms with van der Waals surface area (Å²) in [6.07, 6.45) is 4.11. The molecule has 0 unspecified atom stereocenters. The number of likely N-dealkylation sites (tertiary alicyclic amines) is 1. The molecule has 0 spiro atoms. The number of hydrogen-bond acceptors (Lipinski definition) is 5. The summed E-state index contributed by atoms with van der Waals surface area (Å²) in [6.45, 7) is 3.07. The average Bonchev–Trinajstić information content (AvgIpc) is 3.16. The van der Waals surface area contributed by atoms with E-state index < -0.39 is 0 Å². The molecule has 3 N–H and O–H groups in total. The zero-order valence-corrected chi connectivity index (χ0v) is 14.7. The summed E-state index contributed by atoms with van der Waals surface area (Å²) in [5.41, 5.74) is 6.66. The van der Waals surface area contributed by atoms with Crippen molar-refractivity contribution >= 4 is 11.8 Å². The van der Waals surface area contributed by atoms with Crippen LogP contribution in [0.5, 0.6) is 0 Å². The van der Waals surface area contributed by atoms with Gasteiger partial charge in [-0.05, 0) is 32.4 Å². The first-order chi connectivity index (χ1) is 12.6. The van der Waals surface area contributed by atoms with Crippen molar-refractivity contribution in [1.29, 1.82) is 0 Å². The molecule has 1 fully saturated rings. The van der Waals surface area contributed by atoms with Crippen LogP contribution in [-0.2, 0) is 4.79 Å². The van der Waals surface area contributed by atoms with Crippen LogP contribution in [0.3, 0.4) is 0 Å². The Balaban J connectivity index is 1.47. The molecule has 2 aromatic rings.